The number of fused-ring (bicyclic) bond motifs is 1. The Bertz CT molecular complexity index is 861. The Morgan fingerprint density at radius 1 is 1.26 bits per heavy atom. The standard InChI is InChI=1S/C18H18F3N3O3/c1-17(2)12(11-7-8-26-13(11)17)22-15(25)10-5-3-9(4-6-10)14-23-16(27-24-14)18(19,20)21/h3-6,11-13H,7-8H2,1-2H3,(H,22,25)/t11-,12-,13-/m1/s1. The van der Waals surface area contributed by atoms with Gasteiger partial charge in [-0.1, -0.05) is 31.1 Å². The number of benzene rings is 1. The zero-order valence-corrected chi connectivity index (χ0v) is 14.7. The van der Waals surface area contributed by atoms with E-state index in [9.17, 15) is 18.0 Å². The summed E-state index contributed by atoms with van der Waals surface area (Å²) in [6.07, 6.45) is -3.59. The van der Waals surface area contributed by atoms with E-state index in [1.807, 2.05) is 0 Å². The third-order valence-electron chi connectivity index (χ3n) is 5.46. The maximum atomic E-state index is 12.6. The molecule has 0 unspecified atom stereocenters. The molecule has 4 rings (SSSR count). The summed E-state index contributed by atoms with van der Waals surface area (Å²) in [4.78, 5) is 15.9. The third-order valence-corrected chi connectivity index (χ3v) is 5.46. The monoisotopic (exact) mass is 381 g/mol. The minimum absolute atomic E-state index is 0.0312. The van der Waals surface area contributed by atoms with Crippen LogP contribution in [0.2, 0.25) is 0 Å². The first-order valence-corrected chi connectivity index (χ1v) is 8.62. The predicted molar refractivity (Wildman–Crippen MR) is 87.6 cm³/mol. The summed E-state index contributed by atoms with van der Waals surface area (Å²) in [6.45, 7) is 4.86. The summed E-state index contributed by atoms with van der Waals surface area (Å²) < 4.78 is 47.6. The smallest absolute Gasteiger partial charge is 0.377 e. The Morgan fingerprint density at radius 3 is 2.59 bits per heavy atom. The number of rotatable bonds is 3. The van der Waals surface area contributed by atoms with Gasteiger partial charge in [-0.15, -0.1) is 0 Å². The second-order valence-electron chi connectivity index (χ2n) is 7.51. The van der Waals surface area contributed by atoms with Crippen molar-refractivity contribution in [1.29, 1.82) is 0 Å². The van der Waals surface area contributed by atoms with Gasteiger partial charge in [0.15, 0.2) is 0 Å². The van der Waals surface area contributed by atoms with Crippen molar-refractivity contribution in [1.82, 2.24) is 15.5 Å². The van der Waals surface area contributed by atoms with Crippen molar-refractivity contribution in [2.45, 2.75) is 38.6 Å². The topological polar surface area (TPSA) is 77.3 Å². The molecule has 9 heteroatoms. The molecule has 6 nitrogen and oxygen atoms in total. The number of alkyl halides is 3. The van der Waals surface area contributed by atoms with E-state index in [2.05, 4.69) is 33.8 Å². The van der Waals surface area contributed by atoms with Crippen LogP contribution < -0.4 is 5.32 Å². The highest BCUT2D eigenvalue weighted by Gasteiger charge is 2.59. The van der Waals surface area contributed by atoms with Crippen molar-refractivity contribution in [3.05, 3.63) is 35.7 Å². The van der Waals surface area contributed by atoms with E-state index in [0.717, 1.165) is 6.42 Å². The van der Waals surface area contributed by atoms with Gasteiger partial charge in [0, 0.05) is 35.1 Å². The van der Waals surface area contributed by atoms with Crippen molar-refractivity contribution in [2.24, 2.45) is 11.3 Å². The third kappa shape index (κ3) is 2.99. The number of hydrogen-bond donors (Lipinski definition) is 1. The molecule has 1 aromatic heterocycles. The first-order valence-electron chi connectivity index (χ1n) is 8.62. The van der Waals surface area contributed by atoms with Crippen LogP contribution in [0, 0.1) is 11.3 Å². The maximum Gasteiger partial charge on any atom is 0.471 e. The van der Waals surface area contributed by atoms with E-state index in [0.29, 0.717) is 23.7 Å². The van der Waals surface area contributed by atoms with Gasteiger partial charge < -0.3 is 14.6 Å². The molecule has 1 aliphatic carbocycles. The molecule has 0 bridgehead atoms. The lowest BCUT2D eigenvalue weighted by Gasteiger charge is -2.54. The molecule has 1 saturated heterocycles. The minimum atomic E-state index is -4.69. The molecule has 1 aromatic carbocycles. The molecule has 0 spiro atoms. The van der Waals surface area contributed by atoms with Crippen LogP contribution in [0.5, 0.6) is 0 Å². The zero-order valence-electron chi connectivity index (χ0n) is 14.7. The summed E-state index contributed by atoms with van der Waals surface area (Å²) in [7, 11) is 0. The first-order chi connectivity index (χ1) is 12.7. The molecule has 1 amide bonds. The molecular weight excluding hydrogens is 363 g/mol. The molecule has 1 N–H and O–H groups in total. The number of aromatic nitrogens is 2. The van der Waals surface area contributed by atoms with Crippen LogP contribution in [-0.2, 0) is 10.9 Å². The normalized spacial score (nSPS) is 26.3. The molecule has 27 heavy (non-hydrogen) atoms. The van der Waals surface area contributed by atoms with Gasteiger partial charge >= 0.3 is 12.1 Å². The molecule has 3 atom stereocenters. The van der Waals surface area contributed by atoms with Crippen molar-refractivity contribution in [2.75, 3.05) is 6.61 Å². The summed E-state index contributed by atoms with van der Waals surface area (Å²) >= 11 is 0. The highest BCUT2D eigenvalue weighted by Crippen LogP contribution is 2.52. The van der Waals surface area contributed by atoms with Crippen LogP contribution in [-0.4, -0.2) is 34.8 Å². The Hall–Kier alpha value is -2.42. The SMILES string of the molecule is CC1(C)[C@H](NC(=O)c2ccc(-c3noc(C(F)(F)F)n3)cc2)[C@H]2CCO[C@H]21. The number of carbonyl (C=O) groups excluding carboxylic acids is 1. The second kappa shape index (κ2) is 6.05. The fourth-order valence-electron chi connectivity index (χ4n) is 4.07. The van der Waals surface area contributed by atoms with Gasteiger partial charge in [0.25, 0.3) is 5.91 Å². The van der Waals surface area contributed by atoms with Crippen LogP contribution in [0.25, 0.3) is 11.4 Å². The van der Waals surface area contributed by atoms with Gasteiger partial charge in [-0.3, -0.25) is 4.79 Å². The lowest BCUT2D eigenvalue weighted by molar-refractivity contribution is -0.159. The number of amides is 1. The number of carbonyl (C=O) groups is 1. The molecule has 1 saturated carbocycles. The van der Waals surface area contributed by atoms with Gasteiger partial charge in [0.05, 0.1) is 6.10 Å². The molecule has 2 aromatic rings. The highest BCUT2D eigenvalue weighted by atomic mass is 19.4. The number of halogens is 3. The summed E-state index contributed by atoms with van der Waals surface area (Å²) in [5.41, 5.74) is 0.616. The quantitative estimate of drug-likeness (QED) is 0.883. The van der Waals surface area contributed by atoms with E-state index >= 15 is 0 Å². The van der Waals surface area contributed by atoms with Crippen LogP contribution in [0.4, 0.5) is 13.2 Å². The summed E-state index contributed by atoms with van der Waals surface area (Å²) in [5.74, 6) is -1.49. The van der Waals surface area contributed by atoms with Crippen LogP contribution in [0.3, 0.4) is 0 Å². The van der Waals surface area contributed by atoms with Gasteiger partial charge in [0.1, 0.15) is 0 Å². The Kier molecular flexibility index (Phi) is 4.03. The maximum absolute atomic E-state index is 12.6. The zero-order chi connectivity index (χ0) is 19.4. The number of nitrogens with one attached hydrogen (secondary N) is 1. The van der Waals surface area contributed by atoms with Crippen molar-refractivity contribution >= 4 is 5.91 Å². The van der Waals surface area contributed by atoms with Crippen LogP contribution >= 0.6 is 0 Å². The van der Waals surface area contributed by atoms with E-state index < -0.39 is 12.1 Å². The first kappa shape index (κ1) is 18.0. The Labute approximate surface area is 153 Å². The molecule has 2 fully saturated rings. The largest absolute Gasteiger partial charge is 0.471 e. The average molecular weight is 381 g/mol. The molecule has 2 heterocycles. The van der Waals surface area contributed by atoms with Gasteiger partial charge in [-0.05, 0) is 18.6 Å². The molecule has 144 valence electrons. The molecule has 2 aliphatic rings. The Morgan fingerprint density at radius 2 is 1.96 bits per heavy atom. The minimum Gasteiger partial charge on any atom is -0.377 e. The van der Waals surface area contributed by atoms with Crippen molar-refractivity contribution < 1.29 is 27.2 Å². The molecular formula is C18H18F3N3O3. The molecule has 1 aliphatic heterocycles. The van der Waals surface area contributed by atoms with E-state index in [-0.39, 0.29) is 29.3 Å². The number of ether oxygens (including phenoxy) is 1. The van der Waals surface area contributed by atoms with Crippen LogP contribution in [0.15, 0.2) is 28.8 Å². The lowest BCUT2D eigenvalue weighted by atomic mass is 9.57. The van der Waals surface area contributed by atoms with Gasteiger partial charge in [-0.2, -0.15) is 18.2 Å². The summed E-state index contributed by atoms with van der Waals surface area (Å²) in [5, 5.41) is 6.39. The second-order valence-corrected chi connectivity index (χ2v) is 7.51. The Balaban J connectivity index is 1.46. The van der Waals surface area contributed by atoms with Crippen molar-refractivity contribution in [3.8, 4) is 11.4 Å². The van der Waals surface area contributed by atoms with E-state index in [1.165, 1.54) is 24.3 Å². The lowest BCUT2D eigenvalue weighted by Crippen LogP contribution is -2.66. The van der Waals surface area contributed by atoms with Crippen LogP contribution in [0.1, 0.15) is 36.5 Å². The van der Waals surface area contributed by atoms with Gasteiger partial charge in [0.2, 0.25) is 5.82 Å². The summed E-state index contributed by atoms with van der Waals surface area (Å²) in [6, 6.07) is 6.08. The molecule has 0 radical (unpaired) electrons. The fraction of sp³-hybridized carbons (Fsp3) is 0.500. The number of nitrogens with zero attached hydrogens (tertiary/aromatic N) is 2. The number of hydrogen-bond acceptors (Lipinski definition) is 5. The van der Waals surface area contributed by atoms with E-state index in [1.54, 1.807) is 0 Å². The highest BCUT2D eigenvalue weighted by molar-refractivity contribution is 5.95. The van der Waals surface area contributed by atoms with Crippen molar-refractivity contribution in [3.63, 3.8) is 0 Å². The van der Waals surface area contributed by atoms with E-state index in [4.69, 9.17) is 4.74 Å². The predicted octanol–water partition coefficient (Wildman–Crippen LogP) is 3.30. The fourth-order valence-corrected chi connectivity index (χ4v) is 4.07. The van der Waals surface area contributed by atoms with Gasteiger partial charge in [-0.25, -0.2) is 0 Å². The average Bonchev–Trinajstić information content (AvgIpc) is 3.27.